The molecule has 2 fully saturated rings. The van der Waals surface area contributed by atoms with Crippen molar-refractivity contribution in [1.82, 2.24) is 19.9 Å². The standard InChI is InChI=1S/C29H30ClF5N6O/c1-16-11-20(36)37-25(22(16)29(33,34)35)21-19(30)12-18-24(23(21)32)38-27(39-26(18)40-8-4-2-3-5-9-40)42-15-28-7-6-10-41(28)14-17(31)13-28/h2-3,11-12,17H,4-10,13-15H2,1H3,(H2,36,37). The number of hydrogen-bond donors (Lipinski definition) is 1. The van der Waals surface area contributed by atoms with E-state index in [-0.39, 0.29) is 39.9 Å². The molecule has 2 N–H and O–H groups in total. The van der Waals surface area contributed by atoms with Gasteiger partial charge in [0.2, 0.25) is 0 Å². The molecule has 5 heterocycles. The van der Waals surface area contributed by atoms with Gasteiger partial charge in [0, 0.05) is 31.4 Å². The molecule has 2 aromatic heterocycles. The number of ether oxygens (including phenoxy) is 1. The summed E-state index contributed by atoms with van der Waals surface area (Å²) in [5.74, 6) is -0.944. The Morgan fingerprint density at radius 3 is 2.57 bits per heavy atom. The number of nitrogens with two attached hydrogens (primary N) is 1. The summed E-state index contributed by atoms with van der Waals surface area (Å²) in [5, 5.41) is -0.0510. The van der Waals surface area contributed by atoms with Crippen LogP contribution in [0.15, 0.2) is 24.3 Å². The third-order valence-corrected chi connectivity index (χ3v) is 8.73. The minimum Gasteiger partial charge on any atom is -0.461 e. The molecule has 0 spiro atoms. The quantitative estimate of drug-likeness (QED) is 0.261. The summed E-state index contributed by atoms with van der Waals surface area (Å²) in [5.41, 5.74) is 2.42. The lowest BCUT2D eigenvalue weighted by atomic mass is 9.95. The predicted octanol–water partition coefficient (Wildman–Crippen LogP) is 6.51. The van der Waals surface area contributed by atoms with Gasteiger partial charge in [-0.1, -0.05) is 23.8 Å². The number of benzene rings is 1. The minimum absolute atomic E-state index is 0.107. The summed E-state index contributed by atoms with van der Waals surface area (Å²) in [6.07, 6.45) is 1.68. The normalized spacial score (nSPS) is 23.0. The molecule has 7 nitrogen and oxygen atoms in total. The number of fused-ring (bicyclic) bond motifs is 2. The van der Waals surface area contributed by atoms with Crippen LogP contribution in [0.1, 0.15) is 43.2 Å². The number of anilines is 2. The van der Waals surface area contributed by atoms with Gasteiger partial charge in [-0.25, -0.2) is 13.8 Å². The zero-order valence-corrected chi connectivity index (χ0v) is 23.7. The highest BCUT2D eigenvalue weighted by molar-refractivity contribution is 6.34. The van der Waals surface area contributed by atoms with Gasteiger partial charge in [-0.15, -0.1) is 0 Å². The van der Waals surface area contributed by atoms with E-state index in [9.17, 15) is 17.6 Å². The van der Waals surface area contributed by atoms with Crippen LogP contribution in [0.25, 0.3) is 22.2 Å². The van der Waals surface area contributed by atoms with Crippen molar-refractivity contribution in [3.8, 4) is 17.3 Å². The highest BCUT2D eigenvalue weighted by Crippen LogP contribution is 2.45. The molecule has 2 saturated heterocycles. The van der Waals surface area contributed by atoms with E-state index in [0.717, 1.165) is 25.5 Å². The number of pyridine rings is 1. The van der Waals surface area contributed by atoms with E-state index in [0.29, 0.717) is 44.7 Å². The molecule has 2 atom stereocenters. The van der Waals surface area contributed by atoms with Crippen LogP contribution in [0.2, 0.25) is 5.02 Å². The van der Waals surface area contributed by atoms with E-state index >= 15 is 4.39 Å². The second-order valence-corrected chi connectivity index (χ2v) is 11.7. The van der Waals surface area contributed by atoms with Crippen molar-refractivity contribution in [2.45, 2.75) is 56.9 Å². The first-order chi connectivity index (χ1) is 20.0. The van der Waals surface area contributed by atoms with Crippen molar-refractivity contribution in [3.63, 3.8) is 0 Å². The molecule has 224 valence electrons. The first kappa shape index (κ1) is 28.9. The van der Waals surface area contributed by atoms with Crippen molar-refractivity contribution >= 4 is 34.1 Å². The van der Waals surface area contributed by atoms with E-state index < -0.39 is 40.5 Å². The van der Waals surface area contributed by atoms with Gasteiger partial charge in [-0.05, 0) is 56.8 Å². The Bertz CT molecular complexity index is 1560. The number of halogens is 6. The minimum atomic E-state index is -4.85. The molecule has 0 aliphatic carbocycles. The number of aryl methyl sites for hydroxylation is 1. The molecular weight excluding hydrogens is 579 g/mol. The Morgan fingerprint density at radius 2 is 1.86 bits per heavy atom. The number of aromatic nitrogens is 3. The van der Waals surface area contributed by atoms with Gasteiger partial charge in [0.25, 0.3) is 0 Å². The topological polar surface area (TPSA) is 80.4 Å². The van der Waals surface area contributed by atoms with E-state index in [2.05, 4.69) is 19.9 Å². The average molecular weight is 609 g/mol. The lowest BCUT2D eigenvalue weighted by Gasteiger charge is -2.31. The summed E-state index contributed by atoms with van der Waals surface area (Å²) < 4.78 is 79.4. The maximum absolute atomic E-state index is 16.5. The van der Waals surface area contributed by atoms with Crippen molar-refractivity contribution in [3.05, 3.63) is 46.3 Å². The van der Waals surface area contributed by atoms with Crippen LogP contribution in [0.4, 0.5) is 33.6 Å². The van der Waals surface area contributed by atoms with Gasteiger partial charge in [0.15, 0.2) is 5.82 Å². The van der Waals surface area contributed by atoms with Gasteiger partial charge in [-0.2, -0.15) is 23.1 Å². The van der Waals surface area contributed by atoms with E-state index in [1.807, 2.05) is 17.1 Å². The van der Waals surface area contributed by atoms with Crippen molar-refractivity contribution < 1.29 is 26.7 Å². The molecule has 3 aliphatic heterocycles. The number of nitrogens with zero attached hydrogens (tertiary/aromatic N) is 5. The zero-order valence-electron chi connectivity index (χ0n) is 22.9. The number of alkyl halides is 4. The lowest BCUT2D eigenvalue weighted by Crippen LogP contribution is -2.43. The fraction of sp³-hybridized carbons (Fsp3) is 0.483. The average Bonchev–Trinajstić information content (AvgIpc) is 3.28. The summed E-state index contributed by atoms with van der Waals surface area (Å²) in [4.78, 5) is 16.9. The van der Waals surface area contributed by atoms with E-state index in [1.54, 1.807) is 0 Å². The Balaban J connectivity index is 1.51. The summed E-state index contributed by atoms with van der Waals surface area (Å²) in [7, 11) is 0. The summed E-state index contributed by atoms with van der Waals surface area (Å²) in [6, 6.07) is 2.31. The fourth-order valence-corrected chi connectivity index (χ4v) is 6.87. The van der Waals surface area contributed by atoms with Crippen LogP contribution < -0.4 is 15.4 Å². The smallest absolute Gasteiger partial charge is 0.418 e. The van der Waals surface area contributed by atoms with Crippen LogP contribution in [-0.2, 0) is 6.18 Å². The van der Waals surface area contributed by atoms with Crippen molar-refractivity contribution in [1.29, 1.82) is 0 Å². The monoisotopic (exact) mass is 608 g/mol. The molecule has 0 bridgehead atoms. The van der Waals surface area contributed by atoms with Crippen molar-refractivity contribution in [2.24, 2.45) is 0 Å². The van der Waals surface area contributed by atoms with Crippen LogP contribution in [0.3, 0.4) is 0 Å². The van der Waals surface area contributed by atoms with Gasteiger partial charge < -0.3 is 15.4 Å². The van der Waals surface area contributed by atoms with Gasteiger partial charge in [0.1, 0.15) is 29.9 Å². The fourth-order valence-electron chi connectivity index (χ4n) is 6.59. The SMILES string of the molecule is Cc1cc(N)nc(-c2c(Cl)cc3c(N4CCC=CCC4)nc(OCC45CCCN4CC(F)C5)nc3c2F)c1C(F)(F)F. The molecule has 0 saturated carbocycles. The molecule has 0 radical (unpaired) electrons. The molecule has 13 heteroatoms. The van der Waals surface area contributed by atoms with Gasteiger partial charge >= 0.3 is 12.2 Å². The molecule has 3 aromatic rings. The predicted molar refractivity (Wildman–Crippen MR) is 151 cm³/mol. The van der Waals surface area contributed by atoms with E-state index in [1.165, 1.54) is 13.0 Å². The molecule has 3 aliphatic rings. The third kappa shape index (κ3) is 5.12. The van der Waals surface area contributed by atoms with Crippen LogP contribution in [-0.4, -0.2) is 64.3 Å². The molecule has 1 aromatic carbocycles. The second kappa shape index (κ2) is 10.8. The Hall–Kier alpha value is -3.25. The third-order valence-electron chi connectivity index (χ3n) is 8.43. The maximum Gasteiger partial charge on any atom is 0.418 e. The van der Waals surface area contributed by atoms with E-state index in [4.69, 9.17) is 22.1 Å². The molecule has 42 heavy (non-hydrogen) atoms. The van der Waals surface area contributed by atoms with Crippen LogP contribution >= 0.6 is 11.6 Å². The first-order valence-electron chi connectivity index (χ1n) is 13.9. The summed E-state index contributed by atoms with van der Waals surface area (Å²) in [6.45, 7) is 3.57. The second-order valence-electron chi connectivity index (χ2n) is 11.3. The Morgan fingerprint density at radius 1 is 1.12 bits per heavy atom. The Kier molecular flexibility index (Phi) is 7.41. The maximum atomic E-state index is 16.5. The highest BCUT2D eigenvalue weighted by atomic mass is 35.5. The number of hydrogen-bond acceptors (Lipinski definition) is 7. The molecule has 6 rings (SSSR count). The molecular formula is C29H30ClF5N6O. The van der Waals surface area contributed by atoms with Gasteiger partial charge in [0.05, 0.1) is 27.4 Å². The molecule has 0 amide bonds. The van der Waals surface area contributed by atoms with Crippen LogP contribution in [0, 0.1) is 12.7 Å². The Labute approximate surface area is 244 Å². The highest BCUT2D eigenvalue weighted by Gasteiger charge is 2.49. The largest absolute Gasteiger partial charge is 0.461 e. The van der Waals surface area contributed by atoms with Crippen LogP contribution in [0.5, 0.6) is 6.01 Å². The molecule has 2 unspecified atom stereocenters. The van der Waals surface area contributed by atoms with Crippen molar-refractivity contribution in [2.75, 3.05) is 43.4 Å². The number of rotatable bonds is 5. The lowest BCUT2D eigenvalue weighted by molar-refractivity contribution is -0.137. The first-order valence-corrected chi connectivity index (χ1v) is 14.3. The zero-order chi connectivity index (χ0) is 29.8. The summed E-state index contributed by atoms with van der Waals surface area (Å²) >= 11 is 6.53. The number of nitrogen functional groups attached to an aromatic ring is 1. The van der Waals surface area contributed by atoms with Gasteiger partial charge in [-0.3, -0.25) is 4.90 Å².